The molecule has 2 aliphatic rings. The van der Waals surface area contributed by atoms with Gasteiger partial charge in [0.15, 0.2) is 23.4 Å². The van der Waals surface area contributed by atoms with Gasteiger partial charge in [-0.15, -0.1) is 0 Å². The molecule has 0 aliphatic carbocycles. The van der Waals surface area contributed by atoms with Gasteiger partial charge in [0.2, 0.25) is 5.60 Å². The standard InChI is InChI=1S/C32H32F4N2O6/c1-17-13-19(5-7-21(17)33)27-28-20(30(2,3)16-43-28)15-26(38-27)31(41,32(34,35)36)11-9-22(39)18-6-8-23(25(14-18)42-4)44-24-10-12-37-29(24)40/h5-8,13-15,24,41H,9-12,16H2,1-4H3,(H,37,40)/t24-,31-/m0/s1. The molecular weight excluding hydrogens is 584 g/mol. The van der Waals surface area contributed by atoms with Crippen LogP contribution in [0.1, 0.15) is 60.3 Å². The van der Waals surface area contributed by atoms with Crippen LogP contribution in [0.2, 0.25) is 0 Å². The fourth-order valence-corrected chi connectivity index (χ4v) is 5.34. The summed E-state index contributed by atoms with van der Waals surface area (Å²) < 4.78 is 74.9. The zero-order valence-electron chi connectivity index (χ0n) is 24.6. The van der Waals surface area contributed by atoms with E-state index in [-0.39, 0.29) is 46.6 Å². The largest absolute Gasteiger partial charge is 0.493 e. The van der Waals surface area contributed by atoms with Gasteiger partial charge in [0.05, 0.1) is 19.4 Å². The van der Waals surface area contributed by atoms with Crippen molar-refractivity contribution in [1.82, 2.24) is 10.3 Å². The van der Waals surface area contributed by atoms with E-state index in [1.165, 1.54) is 56.5 Å². The molecule has 0 saturated carbocycles. The fraction of sp³-hybridized carbons (Fsp3) is 0.406. The Hall–Kier alpha value is -4.19. The summed E-state index contributed by atoms with van der Waals surface area (Å²) in [5, 5.41) is 13.9. The van der Waals surface area contributed by atoms with E-state index in [4.69, 9.17) is 14.2 Å². The Bertz CT molecular complexity index is 1620. The average molecular weight is 617 g/mol. The number of benzene rings is 2. The maximum atomic E-state index is 14.7. The van der Waals surface area contributed by atoms with Crippen LogP contribution in [0.15, 0.2) is 42.5 Å². The molecule has 1 fully saturated rings. The maximum absolute atomic E-state index is 14.7. The first kappa shape index (κ1) is 31.2. The van der Waals surface area contributed by atoms with Crippen molar-refractivity contribution in [1.29, 1.82) is 0 Å². The van der Waals surface area contributed by atoms with E-state index in [0.29, 0.717) is 24.1 Å². The molecule has 0 unspecified atom stereocenters. The third kappa shape index (κ3) is 5.70. The van der Waals surface area contributed by atoms with Crippen LogP contribution in [0, 0.1) is 12.7 Å². The smallest absolute Gasteiger partial charge is 0.422 e. The highest BCUT2D eigenvalue weighted by Crippen LogP contribution is 2.49. The van der Waals surface area contributed by atoms with Gasteiger partial charge < -0.3 is 24.6 Å². The molecule has 44 heavy (non-hydrogen) atoms. The lowest BCUT2D eigenvalue weighted by atomic mass is 9.83. The summed E-state index contributed by atoms with van der Waals surface area (Å²) in [6.45, 7) is 5.72. The molecule has 0 radical (unpaired) electrons. The van der Waals surface area contributed by atoms with Crippen LogP contribution in [-0.4, -0.2) is 54.3 Å². The predicted octanol–water partition coefficient (Wildman–Crippen LogP) is 5.56. The Morgan fingerprint density at radius 3 is 2.55 bits per heavy atom. The molecule has 1 saturated heterocycles. The summed E-state index contributed by atoms with van der Waals surface area (Å²) in [7, 11) is 1.33. The van der Waals surface area contributed by atoms with E-state index in [1.54, 1.807) is 13.8 Å². The summed E-state index contributed by atoms with van der Waals surface area (Å²) in [4.78, 5) is 29.3. The van der Waals surface area contributed by atoms with Crippen LogP contribution in [0.4, 0.5) is 17.6 Å². The number of hydrogen-bond acceptors (Lipinski definition) is 7. The molecule has 5 rings (SSSR count). The second kappa shape index (κ2) is 11.4. The quantitative estimate of drug-likeness (QED) is 0.240. The molecule has 2 atom stereocenters. The van der Waals surface area contributed by atoms with Crippen molar-refractivity contribution in [3.63, 3.8) is 0 Å². The number of amides is 1. The number of fused-ring (bicyclic) bond motifs is 1. The Labute approximate surface area is 251 Å². The normalized spacial score (nSPS) is 18.7. The van der Waals surface area contributed by atoms with E-state index in [9.17, 15) is 32.3 Å². The molecule has 8 nitrogen and oxygen atoms in total. The molecule has 3 aromatic rings. The molecule has 2 aromatic carbocycles. The molecule has 1 amide bonds. The van der Waals surface area contributed by atoms with Crippen molar-refractivity contribution in [3.05, 3.63) is 70.7 Å². The van der Waals surface area contributed by atoms with Gasteiger partial charge in [0, 0.05) is 41.5 Å². The first-order chi connectivity index (χ1) is 20.6. The summed E-state index contributed by atoms with van der Waals surface area (Å²) in [5.74, 6) is -0.873. The van der Waals surface area contributed by atoms with Crippen LogP contribution < -0.4 is 19.5 Å². The van der Waals surface area contributed by atoms with Crippen LogP contribution in [0.25, 0.3) is 11.3 Å². The number of pyridine rings is 1. The second-order valence-corrected chi connectivity index (χ2v) is 11.7. The summed E-state index contributed by atoms with van der Waals surface area (Å²) >= 11 is 0. The van der Waals surface area contributed by atoms with Crippen LogP contribution in [0.5, 0.6) is 17.2 Å². The molecule has 2 aliphatic heterocycles. The summed E-state index contributed by atoms with van der Waals surface area (Å²) in [6, 6.07) is 9.30. The molecule has 0 spiro atoms. The number of rotatable bonds is 9. The number of nitrogens with one attached hydrogen (secondary N) is 1. The number of ketones is 1. The molecule has 3 heterocycles. The van der Waals surface area contributed by atoms with E-state index in [0.717, 1.165) is 0 Å². The van der Waals surface area contributed by atoms with Gasteiger partial charge in [-0.25, -0.2) is 9.37 Å². The van der Waals surface area contributed by atoms with Crippen molar-refractivity contribution < 1.29 is 46.5 Å². The van der Waals surface area contributed by atoms with Crippen LogP contribution >= 0.6 is 0 Å². The number of ether oxygens (including phenoxy) is 3. The summed E-state index contributed by atoms with van der Waals surface area (Å²) in [6.07, 6.45) is -7.19. The van der Waals surface area contributed by atoms with Gasteiger partial charge in [-0.05, 0) is 61.4 Å². The third-order valence-corrected chi connectivity index (χ3v) is 8.07. The average Bonchev–Trinajstić information content (AvgIpc) is 3.53. The van der Waals surface area contributed by atoms with E-state index in [2.05, 4.69) is 10.3 Å². The maximum Gasteiger partial charge on any atom is 0.422 e. The van der Waals surface area contributed by atoms with Crippen molar-refractivity contribution in [2.75, 3.05) is 20.3 Å². The molecule has 234 valence electrons. The number of hydrogen-bond donors (Lipinski definition) is 2. The number of alkyl halides is 3. The first-order valence-corrected chi connectivity index (χ1v) is 14.0. The number of nitrogens with zero attached hydrogens (tertiary/aromatic N) is 1. The van der Waals surface area contributed by atoms with Gasteiger partial charge >= 0.3 is 6.18 Å². The minimum absolute atomic E-state index is 0.0357. The molecule has 2 N–H and O–H groups in total. The first-order valence-electron chi connectivity index (χ1n) is 14.0. The highest BCUT2D eigenvalue weighted by Gasteiger charge is 2.56. The number of methoxy groups -OCH3 is 1. The predicted molar refractivity (Wildman–Crippen MR) is 151 cm³/mol. The van der Waals surface area contributed by atoms with Crippen molar-refractivity contribution in [2.45, 2.75) is 63.3 Å². The minimum atomic E-state index is -5.20. The fourth-order valence-electron chi connectivity index (χ4n) is 5.34. The van der Waals surface area contributed by atoms with Gasteiger partial charge in [-0.2, -0.15) is 13.2 Å². The van der Waals surface area contributed by atoms with Crippen LogP contribution in [0.3, 0.4) is 0 Å². The number of halogens is 4. The molecule has 12 heteroatoms. The molecular formula is C32H32F4N2O6. The van der Waals surface area contributed by atoms with E-state index in [1.807, 2.05) is 0 Å². The van der Waals surface area contributed by atoms with Crippen molar-refractivity contribution in [3.8, 4) is 28.5 Å². The second-order valence-electron chi connectivity index (χ2n) is 11.7. The van der Waals surface area contributed by atoms with Gasteiger partial charge in [0.1, 0.15) is 17.3 Å². The Kier molecular flexibility index (Phi) is 8.08. The monoisotopic (exact) mass is 616 g/mol. The number of Topliss-reactive ketones (excluding diaryl/α,β-unsaturated/α-hetero) is 1. The number of aryl methyl sites for hydroxylation is 1. The lowest BCUT2D eigenvalue weighted by Gasteiger charge is -2.31. The van der Waals surface area contributed by atoms with Crippen molar-refractivity contribution in [2.24, 2.45) is 0 Å². The van der Waals surface area contributed by atoms with Crippen LogP contribution in [-0.2, 0) is 15.8 Å². The van der Waals surface area contributed by atoms with E-state index < -0.39 is 53.4 Å². The number of carbonyl (C=O) groups is 2. The number of aliphatic hydroxyl groups is 1. The van der Waals surface area contributed by atoms with Gasteiger partial charge in [-0.3, -0.25) is 9.59 Å². The van der Waals surface area contributed by atoms with Crippen molar-refractivity contribution >= 4 is 11.7 Å². The van der Waals surface area contributed by atoms with Gasteiger partial charge in [0.25, 0.3) is 5.91 Å². The lowest BCUT2D eigenvalue weighted by Crippen LogP contribution is -2.43. The number of carbonyl (C=O) groups excluding carboxylic acids is 2. The van der Waals surface area contributed by atoms with Gasteiger partial charge in [-0.1, -0.05) is 13.8 Å². The highest BCUT2D eigenvalue weighted by molar-refractivity contribution is 5.96. The number of aromatic nitrogens is 1. The topological polar surface area (TPSA) is 107 Å². The minimum Gasteiger partial charge on any atom is -0.493 e. The Morgan fingerprint density at radius 2 is 1.91 bits per heavy atom. The highest BCUT2D eigenvalue weighted by atomic mass is 19.4. The lowest BCUT2D eigenvalue weighted by molar-refractivity contribution is -0.270. The SMILES string of the molecule is COc1cc(C(=O)CC[C@](O)(c2cc3c(c(-c4ccc(F)c(C)c4)n2)OCC3(C)C)C(F)(F)F)ccc1O[C@H]1CCNC1=O. The Balaban J connectivity index is 1.47. The van der Waals surface area contributed by atoms with E-state index >= 15 is 0 Å². The zero-order chi connectivity index (χ0) is 32.0. The summed E-state index contributed by atoms with van der Waals surface area (Å²) in [5.41, 5.74) is -3.83. The molecule has 1 aromatic heterocycles. The molecule has 0 bridgehead atoms. The zero-order valence-corrected chi connectivity index (χ0v) is 24.6. The Morgan fingerprint density at radius 1 is 1.16 bits per heavy atom. The third-order valence-electron chi connectivity index (χ3n) is 8.07.